The van der Waals surface area contributed by atoms with Crippen molar-refractivity contribution >= 4 is 11.4 Å². The van der Waals surface area contributed by atoms with Crippen LogP contribution < -0.4 is 10.2 Å². The highest BCUT2D eigenvalue weighted by molar-refractivity contribution is 5.66. The Hall–Kier alpha value is -1.87. The molecule has 2 aromatic rings. The van der Waals surface area contributed by atoms with E-state index in [2.05, 4.69) is 65.4 Å². The first-order valence-corrected chi connectivity index (χ1v) is 6.69. The standard InChI is InChI=1S/C16H21N3/c1-4-19(16-8-6-5-7-13(16)2)15-9-10-18-14(11-15)12-17-3/h5-11,17H,4,12H2,1-3H3. The Balaban J connectivity index is 2.37. The van der Waals surface area contributed by atoms with Gasteiger partial charge in [-0.2, -0.15) is 0 Å². The molecule has 3 heteroatoms. The van der Waals surface area contributed by atoms with Gasteiger partial charge in [-0.05, 0) is 44.7 Å². The smallest absolute Gasteiger partial charge is 0.0562 e. The molecule has 1 N–H and O–H groups in total. The van der Waals surface area contributed by atoms with E-state index in [1.165, 1.54) is 16.9 Å². The third-order valence-electron chi connectivity index (χ3n) is 3.19. The van der Waals surface area contributed by atoms with Crippen LogP contribution in [0, 0.1) is 6.92 Å². The molecule has 0 saturated carbocycles. The summed E-state index contributed by atoms with van der Waals surface area (Å²) in [5.41, 5.74) is 4.80. The fraction of sp³-hybridized carbons (Fsp3) is 0.312. The highest BCUT2D eigenvalue weighted by Gasteiger charge is 2.09. The first kappa shape index (κ1) is 13.6. The van der Waals surface area contributed by atoms with Crippen LogP contribution in [0.4, 0.5) is 11.4 Å². The van der Waals surface area contributed by atoms with Gasteiger partial charge >= 0.3 is 0 Å². The molecule has 100 valence electrons. The average molecular weight is 255 g/mol. The van der Waals surface area contributed by atoms with Gasteiger partial charge in [0.1, 0.15) is 0 Å². The third kappa shape index (κ3) is 3.12. The Labute approximate surface area is 115 Å². The average Bonchev–Trinajstić information content (AvgIpc) is 2.43. The first-order valence-electron chi connectivity index (χ1n) is 6.69. The van der Waals surface area contributed by atoms with E-state index in [1.54, 1.807) is 0 Å². The van der Waals surface area contributed by atoms with E-state index >= 15 is 0 Å². The van der Waals surface area contributed by atoms with Crippen LogP contribution in [0.15, 0.2) is 42.6 Å². The third-order valence-corrected chi connectivity index (χ3v) is 3.19. The van der Waals surface area contributed by atoms with Gasteiger partial charge in [-0.1, -0.05) is 18.2 Å². The van der Waals surface area contributed by atoms with E-state index in [9.17, 15) is 0 Å². The molecule has 0 radical (unpaired) electrons. The van der Waals surface area contributed by atoms with Crippen molar-refractivity contribution in [3.63, 3.8) is 0 Å². The minimum absolute atomic E-state index is 0.791. The molecule has 0 atom stereocenters. The number of pyridine rings is 1. The van der Waals surface area contributed by atoms with Gasteiger partial charge in [0.05, 0.1) is 5.69 Å². The van der Waals surface area contributed by atoms with Gasteiger partial charge in [0.15, 0.2) is 0 Å². The number of nitrogens with zero attached hydrogens (tertiary/aromatic N) is 2. The van der Waals surface area contributed by atoms with Crippen molar-refractivity contribution in [2.24, 2.45) is 0 Å². The predicted octanol–water partition coefficient (Wildman–Crippen LogP) is 3.27. The van der Waals surface area contributed by atoms with Gasteiger partial charge in [-0.25, -0.2) is 0 Å². The minimum Gasteiger partial charge on any atom is -0.341 e. The van der Waals surface area contributed by atoms with Crippen molar-refractivity contribution in [1.82, 2.24) is 10.3 Å². The summed E-state index contributed by atoms with van der Waals surface area (Å²) in [5.74, 6) is 0. The van der Waals surface area contributed by atoms with Gasteiger partial charge in [0.25, 0.3) is 0 Å². The molecule has 0 aliphatic carbocycles. The lowest BCUT2D eigenvalue weighted by molar-refractivity contribution is 0.790. The number of hydrogen-bond donors (Lipinski definition) is 1. The molecule has 0 unspecified atom stereocenters. The second-order valence-corrected chi connectivity index (χ2v) is 4.57. The van der Waals surface area contributed by atoms with Crippen LogP contribution in [0.1, 0.15) is 18.2 Å². The number of aromatic nitrogens is 1. The summed E-state index contributed by atoms with van der Waals surface area (Å²) in [7, 11) is 1.94. The van der Waals surface area contributed by atoms with Gasteiger partial charge in [0, 0.05) is 30.7 Å². The molecule has 1 aromatic heterocycles. The molecule has 1 aromatic carbocycles. The number of aryl methyl sites for hydroxylation is 1. The maximum atomic E-state index is 4.37. The molecule has 0 aliphatic heterocycles. The molecule has 2 rings (SSSR count). The second-order valence-electron chi connectivity index (χ2n) is 4.57. The van der Waals surface area contributed by atoms with Gasteiger partial charge in [-0.3, -0.25) is 4.98 Å². The van der Waals surface area contributed by atoms with Gasteiger partial charge < -0.3 is 10.2 Å². The van der Waals surface area contributed by atoms with Crippen LogP contribution >= 0.6 is 0 Å². The lowest BCUT2D eigenvalue weighted by Crippen LogP contribution is -2.18. The number of hydrogen-bond acceptors (Lipinski definition) is 3. The largest absolute Gasteiger partial charge is 0.341 e. The summed E-state index contributed by atoms with van der Waals surface area (Å²) in [6, 6.07) is 12.7. The summed E-state index contributed by atoms with van der Waals surface area (Å²) in [6.45, 7) is 6.05. The maximum absolute atomic E-state index is 4.37. The quantitative estimate of drug-likeness (QED) is 0.888. The van der Waals surface area contributed by atoms with Crippen molar-refractivity contribution in [3.05, 3.63) is 53.9 Å². The number of rotatable bonds is 5. The summed E-state index contributed by atoms with van der Waals surface area (Å²) >= 11 is 0. The van der Waals surface area contributed by atoms with Crippen molar-refractivity contribution < 1.29 is 0 Å². The Morgan fingerprint density at radius 2 is 2.00 bits per heavy atom. The molecular weight excluding hydrogens is 234 g/mol. The zero-order valence-corrected chi connectivity index (χ0v) is 11.9. The summed E-state index contributed by atoms with van der Waals surface area (Å²) < 4.78 is 0. The Kier molecular flexibility index (Phi) is 4.53. The van der Waals surface area contributed by atoms with Crippen LogP contribution in [-0.2, 0) is 6.54 Å². The molecular formula is C16H21N3. The Morgan fingerprint density at radius 3 is 2.68 bits per heavy atom. The van der Waals surface area contributed by atoms with Crippen molar-refractivity contribution in [1.29, 1.82) is 0 Å². The molecule has 0 fully saturated rings. The molecule has 3 nitrogen and oxygen atoms in total. The van der Waals surface area contributed by atoms with E-state index in [1.807, 2.05) is 13.2 Å². The first-order chi connectivity index (χ1) is 9.26. The minimum atomic E-state index is 0.791. The van der Waals surface area contributed by atoms with Crippen LogP contribution in [0.2, 0.25) is 0 Å². The van der Waals surface area contributed by atoms with Crippen LogP contribution in [0.5, 0.6) is 0 Å². The van der Waals surface area contributed by atoms with E-state index < -0.39 is 0 Å². The van der Waals surface area contributed by atoms with E-state index in [0.717, 1.165) is 18.8 Å². The summed E-state index contributed by atoms with van der Waals surface area (Å²) in [6.07, 6.45) is 1.88. The second kappa shape index (κ2) is 6.34. The fourth-order valence-electron chi connectivity index (χ4n) is 2.27. The molecule has 0 saturated heterocycles. The highest BCUT2D eigenvalue weighted by atomic mass is 15.1. The van der Waals surface area contributed by atoms with Crippen LogP contribution in [-0.4, -0.2) is 18.6 Å². The molecule has 1 heterocycles. The predicted molar refractivity (Wildman–Crippen MR) is 80.9 cm³/mol. The summed E-state index contributed by atoms with van der Waals surface area (Å²) in [4.78, 5) is 6.69. The number of benzene rings is 1. The monoisotopic (exact) mass is 255 g/mol. The number of anilines is 2. The fourth-order valence-corrected chi connectivity index (χ4v) is 2.27. The van der Waals surface area contributed by atoms with E-state index in [-0.39, 0.29) is 0 Å². The molecule has 0 spiro atoms. The zero-order chi connectivity index (χ0) is 13.7. The molecule has 0 aliphatic rings. The lowest BCUT2D eigenvalue weighted by atomic mass is 10.1. The van der Waals surface area contributed by atoms with E-state index in [4.69, 9.17) is 0 Å². The van der Waals surface area contributed by atoms with Crippen molar-refractivity contribution in [3.8, 4) is 0 Å². The van der Waals surface area contributed by atoms with Crippen LogP contribution in [0.25, 0.3) is 0 Å². The lowest BCUT2D eigenvalue weighted by Gasteiger charge is -2.25. The molecule has 19 heavy (non-hydrogen) atoms. The zero-order valence-electron chi connectivity index (χ0n) is 11.9. The molecule has 0 bridgehead atoms. The number of nitrogens with one attached hydrogen (secondary N) is 1. The topological polar surface area (TPSA) is 28.2 Å². The van der Waals surface area contributed by atoms with Crippen molar-refractivity contribution in [2.45, 2.75) is 20.4 Å². The Bertz CT molecular complexity index is 537. The van der Waals surface area contributed by atoms with Crippen molar-refractivity contribution in [2.75, 3.05) is 18.5 Å². The number of para-hydroxylation sites is 1. The highest BCUT2D eigenvalue weighted by Crippen LogP contribution is 2.27. The maximum Gasteiger partial charge on any atom is 0.0562 e. The summed E-state index contributed by atoms with van der Waals surface area (Å²) in [5, 5.41) is 3.14. The molecule has 0 amide bonds. The Morgan fingerprint density at radius 1 is 1.21 bits per heavy atom. The SMILES string of the molecule is CCN(c1ccnc(CNC)c1)c1ccccc1C. The van der Waals surface area contributed by atoms with Gasteiger partial charge in [-0.15, -0.1) is 0 Å². The normalized spacial score (nSPS) is 10.5. The van der Waals surface area contributed by atoms with Gasteiger partial charge in [0.2, 0.25) is 0 Å². The van der Waals surface area contributed by atoms with E-state index in [0.29, 0.717) is 0 Å². The van der Waals surface area contributed by atoms with Crippen LogP contribution in [0.3, 0.4) is 0 Å².